The van der Waals surface area contributed by atoms with Crippen molar-refractivity contribution in [2.24, 2.45) is 0 Å². The van der Waals surface area contributed by atoms with Crippen LogP contribution in [0.25, 0.3) is 0 Å². The summed E-state index contributed by atoms with van der Waals surface area (Å²) in [5.74, 6) is -0.532. The van der Waals surface area contributed by atoms with Crippen molar-refractivity contribution in [2.45, 2.75) is 18.7 Å². The number of rotatable bonds is 5. The van der Waals surface area contributed by atoms with Crippen LogP contribution in [0.4, 0.5) is 0 Å². The molecule has 1 saturated heterocycles. The fraction of sp³-hybridized carbons (Fsp3) is 0.368. The van der Waals surface area contributed by atoms with E-state index in [2.05, 4.69) is 5.32 Å². The third-order valence-corrected chi connectivity index (χ3v) is 6.76. The first-order chi connectivity index (χ1) is 13.7. The Hall–Kier alpha value is -2.85. The van der Waals surface area contributed by atoms with Crippen molar-refractivity contribution in [3.8, 4) is 5.75 Å². The van der Waals surface area contributed by atoms with Crippen LogP contribution in [0, 0.1) is 13.8 Å². The number of hydrogen-bond donors (Lipinski definition) is 2. The lowest BCUT2D eigenvalue weighted by atomic mass is 10.2. The highest BCUT2D eigenvalue weighted by atomic mass is 32.2. The molecule has 29 heavy (non-hydrogen) atoms. The number of phenolic OH excluding ortho intramolecular Hbond substituents is 1. The van der Waals surface area contributed by atoms with E-state index in [1.54, 1.807) is 19.9 Å². The van der Waals surface area contributed by atoms with Crippen molar-refractivity contribution in [3.05, 3.63) is 47.4 Å². The number of benzene rings is 1. The first kappa shape index (κ1) is 20.9. The Kier molecular flexibility index (Phi) is 5.94. The minimum atomic E-state index is -3.86. The average Bonchev–Trinajstić information content (AvgIpc) is 3.13. The number of carbonyl (C=O) groups is 2. The fourth-order valence-corrected chi connectivity index (χ4v) is 4.72. The maximum Gasteiger partial charge on any atom is 0.255 e. The summed E-state index contributed by atoms with van der Waals surface area (Å²) in [6.45, 7) is 3.83. The number of hydrogen-bond acceptors (Lipinski definition) is 6. The highest BCUT2D eigenvalue weighted by molar-refractivity contribution is 7.89. The lowest BCUT2D eigenvalue weighted by molar-refractivity contribution is -0.131. The Morgan fingerprint density at radius 1 is 1.14 bits per heavy atom. The van der Waals surface area contributed by atoms with Gasteiger partial charge in [-0.3, -0.25) is 9.59 Å². The van der Waals surface area contributed by atoms with E-state index in [4.69, 9.17) is 4.42 Å². The Balaban J connectivity index is 1.57. The minimum absolute atomic E-state index is 0.107. The monoisotopic (exact) mass is 421 g/mol. The van der Waals surface area contributed by atoms with Gasteiger partial charge in [0.1, 0.15) is 16.4 Å². The smallest absolute Gasteiger partial charge is 0.255 e. The predicted molar refractivity (Wildman–Crippen MR) is 104 cm³/mol. The molecule has 2 amide bonds. The Morgan fingerprint density at radius 2 is 1.83 bits per heavy atom. The predicted octanol–water partition coefficient (Wildman–Crippen LogP) is 0.865. The molecule has 3 rings (SSSR count). The van der Waals surface area contributed by atoms with E-state index >= 15 is 0 Å². The van der Waals surface area contributed by atoms with Gasteiger partial charge in [-0.15, -0.1) is 0 Å². The minimum Gasteiger partial charge on any atom is -0.507 e. The standard InChI is InChI=1S/C19H23N3O6S/c1-13-3-4-16(23)17(11-13)29(26,27)22-8-6-21(7-9-22)18(24)12-20-19(25)15-5-10-28-14(15)2/h3-5,10-11,23H,6-9,12H2,1-2H3,(H,20,25). The second-order valence-electron chi connectivity index (χ2n) is 6.83. The van der Waals surface area contributed by atoms with E-state index < -0.39 is 15.9 Å². The number of aryl methyl sites for hydroxylation is 2. The van der Waals surface area contributed by atoms with Crippen LogP contribution in [0.3, 0.4) is 0 Å². The van der Waals surface area contributed by atoms with Crippen LogP contribution < -0.4 is 5.32 Å². The Morgan fingerprint density at radius 3 is 2.45 bits per heavy atom. The zero-order valence-corrected chi connectivity index (χ0v) is 17.0. The summed E-state index contributed by atoms with van der Waals surface area (Å²) in [6, 6.07) is 5.94. The van der Waals surface area contributed by atoms with E-state index in [1.807, 2.05) is 0 Å². The van der Waals surface area contributed by atoms with Gasteiger partial charge in [-0.25, -0.2) is 8.42 Å². The van der Waals surface area contributed by atoms with Crippen LogP contribution in [-0.4, -0.2) is 67.3 Å². The molecule has 2 aromatic rings. The van der Waals surface area contributed by atoms with Gasteiger partial charge in [-0.2, -0.15) is 4.31 Å². The molecule has 0 atom stereocenters. The quantitative estimate of drug-likeness (QED) is 0.739. The van der Waals surface area contributed by atoms with Gasteiger partial charge >= 0.3 is 0 Å². The molecule has 10 heteroatoms. The highest BCUT2D eigenvalue weighted by Crippen LogP contribution is 2.27. The summed E-state index contributed by atoms with van der Waals surface area (Å²) in [4.78, 5) is 25.8. The third kappa shape index (κ3) is 4.43. The number of phenols is 1. The zero-order chi connectivity index (χ0) is 21.2. The lowest BCUT2D eigenvalue weighted by Crippen LogP contribution is -2.52. The topological polar surface area (TPSA) is 120 Å². The zero-order valence-electron chi connectivity index (χ0n) is 16.2. The molecule has 156 valence electrons. The largest absolute Gasteiger partial charge is 0.507 e. The second-order valence-corrected chi connectivity index (χ2v) is 8.74. The van der Waals surface area contributed by atoms with Crippen LogP contribution in [-0.2, 0) is 14.8 Å². The molecule has 1 aromatic carbocycles. The van der Waals surface area contributed by atoms with Crippen LogP contribution in [0.2, 0.25) is 0 Å². The molecule has 9 nitrogen and oxygen atoms in total. The van der Waals surface area contributed by atoms with Crippen LogP contribution in [0.5, 0.6) is 5.75 Å². The molecule has 0 bridgehead atoms. The van der Waals surface area contributed by atoms with Gasteiger partial charge in [-0.05, 0) is 37.6 Å². The molecule has 2 heterocycles. The molecule has 0 aliphatic carbocycles. The molecular formula is C19H23N3O6S. The number of carbonyl (C=O) groups excluding carboxylic acids is 2. The molecule has 1 aliphatic rings. The summed E-state index contributed by atoms with van der Waals surface area (Å²) in [5, 5.41) is 12.5. The molecule has 1 fully saturated rings. The molecule has 0 radical (unpaired) electrons. The first-order valence-corrected chi connectivity index (χ1v) is 10.5. The summed E-state index contributed by atoms with van der Waals surface area (Å²) in [6.07, 6.45) is 1.40. The number of sulfonamides is 1. The van der Waals surface area contributed by atoms with Crippen molar-refractivity contribution < 1.29 is 27.5 Å². The van der Waals surface area contributed by atoms with E-state index in [-0.39, 0.29) is 49.3 Å². The van der Waals surface area contributed by atoms with Gasteiger partial charge in [0.25, 0.3) is 5.91 Å². The summed E-state index contributed by atoms with van der Waals surface area (Å²) >= 11 is 0. The number of amides is 2. The van der Waals surface area contributed by atoms with Crippen molar-refractivity contribution in [1.82, 2.24) is 14.5 Å². The van der Waals surface area contributed by atoms with Crippen molar-refractivity contribution in [1.29, 1.82) is 0 Å². The molecule has 0 saturated carbocycles. The van der Waals surface area contributed by atoms with E-state index in [0.29, 0.717) is 11.3 Å². The summed E-state index contributed by atoms with van der Waals surface area (Å²) in [7, 11) is -3.86. The molecule has 1 aliphatic heterocycles. The van der Waals surface area contributed by atoms with Gasteiger partial charge in [0.05, 0.1) is 18.4 Å². The number of furan rings is 1. The Bertz CT molecular complexity index is 1020. The normalized spacial score (nSPS) is 15.3. The lowest BCUT2D eigenvalue weighted by Gasteiger charge is -2.34. The first-order valence-electron chi connectivity index (χ1n) is 9.10. The number of nitrogens with zero attached hydrogens (tertiary/aromatic N) is 2. The van der Waals surface area contributed by atoms with E-state index in [0.717, 1.165) is 5.56 Å². The molecule has 1 aromatic heterocycles. The van der Waals surface area contributed by atoms with Gasteiger partial charge in [0, 0.05) is 26.2 Å². The van der Waals surface area contributed by atoms with Crippen LogP contribution in [0.15, 0.2) is 39.8 Å². The number of nitrogens with one attached hydrogen (secondary N) is 1. The SMILES string of the molecule is Cc1ccc(O)c(S(=O)(=O)N2CCN(C(=O)CNC(=O)c3ccoc3C)CC2)c1. The summed E-state index contributed by atoms with van der Waals surface area (Å²) < 4.78 is 31.9. The summed E-state index contributed by atoms with van der Waals surface area (Å²) in [5.41, 5.74) is 1.09. The van der Waals surface area contributed by atoms with Crippen molar-refractivity contribution >= 4 is 21.8 Å². The number of aromatic hydroxyl groups is 1. The molecular weight excluding hydrogens is 398 g/mol. The van der Waals surface area contributed by atoms with Crippen LogP contribution >= 0.6 is 0 Å². The van der Waals surface area contributed by atoms with E-state index in [9.17, 15) is 23.1 Å². The van der Waals surface area contributed by atoms with Gasteiger partial charge < -0.3 is 19.7 Å². The van der Waals surface area contributed by atoms with E-state index in [1.165, 1.54) is 33.7 Å². The van der Waals surface area contributed by atoms with Crippen molar-refractivity contribution in [3.63, 3.8) is 0 Å². The second kappa shape index (κ2) is 8.26. The fourth-order valence-electron chi connectivity index (χ4n) is 3.13. The molecule has 2 N–H and O–H groups in total. The number of piperazine rings is 1. The Labute approximate surface area is 169 Å². The molecule has 0 spiro atoms. The third-order valence-electron chi connectivity index (χ3n) is 4.83. The van der Waals surface area contributed by atoms with Crippen LogP contribution in [0.1, 0.15) is 21.7 Å². The maximum atomic E-state index is 12.8. The van der Waals surface area contributed by atoms with Gasteiger partial charge in [-0.1, -0.05) is 6.07 Å². The maximum absolute atomic E-state index is 12.8. The molecule has 0 unspecified atom stereocenters. The average molecular weight is 421 g/mol. The van der Waals surface area contributed by atoms with Gasteiger partial charge in [0.15, 0.2) is 0 Å². The van der Waals surface area contributed by atoms with Gasteiger partial charge in [0.2, 0.25) is 15.9 Å². The van der Waals surface area contributed by atoms with Crippen molar-refractivity contribution in [2.75, 3.05) is 32.7 Å². The highest BCUT2D eigenvalue weighted by Gasteiger charge is 2.32.